The molecule has 0 fully saturated rings. The molecule has 0 radical (unpaired) electrons. The zero-order chi connectivity index (χ0) is 15.4. The summed E-state index contributed by atoms with van der Waals surface area (Å²) in [6.45, 7) is 0.874. The van der Waals surface area contributed by atoms with Crippen molar-refractivity contribution in [1.29, 1.82) is 0 Å². The van der Waals surface area contributed by atoms with E-state index in [0.29, 0.717) is 13.1 Å². The highest BCUT2D eigenvalue weighted by Gasteiger charge is 2.19. The van der Waals surface area contributed by atoms with Crippen molar-refractivity contribution in [3.63, 3.8) is 0 Å². The minimum Gasteiger partial charge on any atom is -0.478 e. The second-order valence-electron chi connectivity index (χ2n) is 4.11. The maximum absolute atomic E-state index is 11.2. The van der Waals surface area contributed by atoms with Gasteiger partial charge in [-0.15, -0.1) is 0 Å². The monoisotopic (exact) mass is 310 g/mol. The molecule has 0 aliphatic carbocycles. The molecule has 0 saturated heterocycles. The highest BCUT2D eigenvalue weighted by Crippen LogP contribution is 2.31. The van der Waals surface area contributed by atoms with E-state index < -0.39 is 10.9 Å². The van der Waals surface area contributed by atoms with Crippen molar-refractivity contribution in [2.45, 2.75) is 6.54 Å². The number of hydrogen-bond donors (Lipinski definition) is 2. The van der Waals surface area contributed by atoms with E-state index in [1.54, 1.807) is 23.1 Å². The van der Waals surface area contributed by atoms with Gasteiger partial charge in [0.05, 0.1) is 27.7 Å². The highest BCUT2D eigenvalue weighted by atomic mass is 35.5. The molecule has 0 bridgehead atoms. The average Bonchev–Trinajstić information content (AvgIpc) is 2.92. The SMILES string of the molecule is O=C(O)c1cc([N+](=O)[O-])cc(Cl)c1NCCn1cccn1. The molecule has 2 aromatic rings. The Labute approximate surface area is 124 Å². The summed E-state index contributed by atoms with van der Waals surface area (Å²) >= 11 is 5.93. The third-order valence-electron chi connectivity index (χ3n) is 2.72. The van der Waals surface area contributed by atoms with Gasteiger partial charge in [0.25, 0.3) is 5.69 Å². The number of rotatable bonds is 6. The maximum Gasteiger partial charge on any atom is 0.338 e. The number of nitro groups is 1. The molecule has 21 heavy (non-hydrogen) atoms. The number of nitrogens with one attached hydrogen (secondary N) is 1. The van der Waals surface area contributed by atoms with Gasteiger partial charge in [-0.2, -0.15) is 5.10 Å². The van der Waals surface area contributed by atoms with E-state index in [4.69, 9.17) is 16.7 Å². The molecule has 1 aromatic heterocycles. The molecule has 0 spiro atoms. The molecule has 0 saturated carbocycles. The number of nitro benzene ring substituents is 1. The molecule has 1 aromatic carbocycles. The summed E-state index contributed by atoms with van der Waals surface area (Å²) in [5, 5.41) is 26.7. The van der Waals surface area contributed by atoms with Crippen molar-refractivity contribution in [3.8, 4) is 0 Å². The molecule has 8 nitrogen and oxygen atoms in total. The third-order valence-corrected chi connectivity index (χ3v) is 3.02. The van der Waals surface area contributed by atoms with Crippen LogP contribution in [0.3, 0.4) is 0 Å². The molecule has 2 N–H and O–H groups in total. The first-order chi connectivity index (χ1) is 9.99. The fourth-order valence-electron chi connectivity index (χ4n) is 1.77. The van der Waals surface area contributed by atoms with Crippen LogP contribution in [0.4, 0.5) is 11.4 Å². The summed E-state index contributed by atoms with van der Waals surface area (Å²) in [7, 11) is 0. The van der Waals surface area contributed by atoms with E-state index in [2.05, 4.69) is 10.4 Å². The zero-order valence-corrected chi connectivity index (χ0v) is 11.4. The first-order valence-corrected chi connectivity index (χ1v) is 6.29. The Kier molecular flexibility index (Phi) is 4.39. The Morgan fingerprint density at radius 3 is 2.86 bits per heavy atom. The Bertz CT molecular complexity index is 672. The quantitative estimate of drug-likeness (QED) is 0.625. The van der Waals surface area contributed by atoms with Gasteiger partial charge in [-0.25, -0.2) is 4.79 Å². The molecule has 9 heteroatoms. The maximum atomic E-state index is 11.2. The molecule has 0 amide bonds. The number of benzene rings is 1. The van der Waals surface area contributed by atoms with Crippen LogP contribution in [0.15, 0.2) is 30.6 Å². The molecule has 0 aliphatic rings. The highest BCUT2D eigenvalue weighted by molar-refractivity contribution is 6.34. The van der Waals surface area contributed by atoms with Crippen LogP contribution in [0.2, 0.25) is 5.02 Å². The normalized spacial score (nSPS) is 10.3. The second kappa shape index (κ2) is 6.23. The Balaban J connectivity index is 2.21. The smallest absolute Gasteiger partial charge is 0.338 e. The fourth-order valence-corrected chi connectivity index (χ4v) is 2.05. The van der Waals surface area contributed by atoms with E-state index in [1.165, 1.54) is 0 Å². The largest absolute Gasteiger partial charge is 0.478 e. The van der Waals surface area contributed by atoms with Crippen LogP contribution >= 0.6 is 11.6 Å². The lowest BCUT2D eigenvalue weighted by Gasteiger charge is -2.11. The predicted molar refractivity (Wildman–Crippen MR) is 75.8 cm³/mol. The minimum absolute atomic E-state index is 0.0120. The lowest BCUT2D eigenvalue weighted by Crippen LogP contribution is -2.14. The topological polar surface area (TPSA) is 110 Å². The van der Waals surface area contributed by atoms with Gasteiger partial charge in [-0.3, -0.25) is 14.8 Å². The number of hydrogen-bond acceptors (Lipinski definition) is 5. The molecule has 0 atom stereocenters. The summed E-state index contributed by atoms with van der Waals surface area (Å²) < 4.78 is 1.66. The van der Waals surface area contributed by atoms with Crippen molar-refractivity contribution in [1.82, 2.24) is 9.78 Å². The first kappa shape index (κ1) is 14.8. The van der Waals surface area contributed by atoms with Crippen LogP contribution in [0.5, 0.6) is 0 Å². The Morgan fingerprint density at radius 2 is 2.29 bits per heavy atom. The predicted octanol–water partition coefficient (Wildman–Crippen LogP) is 2.25. The first-order valence-electron chi connectivity index (χ1n) is 5.91. The van der Waals surface area contributed by atoms with Crippen LogP contribution < -0.4 is 5.32 Å². The molecule has 1 heterocycles. The van der Waals surface area contributed by atoms with Gasteiger partial charge in [-0.05, 0) is 6.07 Å². The number of aromatic nitrogens is 2. The number of carboxylic acid groups (broad SMARTS) is 1. The number of carbonyl (C=O) groups is 1. The van der Waals surface area contributed by atoms with Crippen LogP contribution in [0.1, 0.15) is 10.4 Å². The van der Waals surface area contributed by atoms with Crippen molar-refractivity contribution < 1.29 is 14.8 Å². The summed E-state index contributed by atoms with van der Waals surface area (Å²) in [6, 6.07) is 3.86. The molecular weight excluding hydrogens is 300 g/mol. The van der Waals surface area contributed by atoms with Crippen LogP contribution in [-0.4, -0.2) is 32.3 Å². The number of nitrogens with zero attached hydrogens (tertiary/aromatic N) is 3. The Hall–Kier alpha value is -2.61. The standard InChI is InChI=1S/C12H11ClN4O4/c13-10-7-8(17(20)21)6-9(12(18)19)11(10)14-3-5-16-4-1-2-15-16/h1-2,4,6-7,14H,3,5H2,(H,18,19). The molecule has 0 unspecified atom stereocenters. The minimum atomic E-state index is -1.29. The lowest BCUT2D eigenvalue weighted by molar-refractivity contribution is -0.384. The lowest BCUT2D eigenvalue weighted by atomic mass is 10.1. The third kappa shape index (κ3) is 3.48. The van der Waals surface area contributed by atoms with Gasteiger partial charge >= 0.3 is 5.97 Å². The fraction of sp³-hybridized carbons (Fsp3) is 0.167. The molecule has 2 rings (SSSR count). The van der Waals surface area contributed by atoms with Crippen molar-refractivity contribution >= 4 is 28.9 Å². The number of carboxylic acids is 1. The van der Waals surface area contributed by atoms with Crippen molar-refractivity contribution in [2.24, 2.45) is 0 Å². The number of aromatic carboxylic acids is 1. The van der Waals surface area contributed by atoms with Gasteiger partial charge < -0.3 is 10.4 Å². The summed E-state index contributed by atoms with van der Waals surface area (Å²) in [5.41, 5.74) is -0.452. The van der Waals surface area contributed by atoms with Gasteiger partial charge in [0.15, 0.2) is 0 Å². The van der Waals surface area contributed by atoms with Crippen LogP contribution in [0, 0.1) is 10.1 Å². The van der Waals surface area contributed by atoms with Gasteiger partial charge in [0.1, 0.15) is 0 Å². The van der Waals surface area contributed by atoms with E-state index >= 15 is 0 Å². The van der Waals surface area contributed by atoms with Crippen LogP contribution in [0.25, 0.3) is 0 Å². The van der Waals surface area contributed by atoms with E-state index in [-0.39, 0.29) is 22.0 Å². The molecule has 0 aliphatic heterocycles. The Morgan fingerprint density at radius 1 is 1.52 bits per heavy atom. The molecule has 110 valence electrons. The van der Waals surface area contributed by atoms with E-state index in [9.17, 15) is 14.9 Å². The van der Waals surface area contributed by atoms with Crippen molar-refractivity contribution in [2.75, 3.05) is 11.9 Å². The van der Waals surface area contributed by atoms with E-state index in [1.807, 2.05) is 0 Å². The zero-order valence-electron chi connectivity index (χ0n) is 10.7. The number of non-ortho nitro benzene ring substituents is 1. The number of anilines is 1. The van der Waals surface area contributed by atoms with Gasteiger partial charge in [0.2, 0.25) is 0 Å². The van der Waals surface area contributed by atoms with Gasteiger partial charge in [-0.1, -0.05) is 11.6 Å². The van der Waals surface area contributed by atoms with Crippen molar-refractivity contribution in [3.05, 3.63) is 51.3 Å². The molecular formula is C12H11ClN4O4. The second-order valence-corrected chi connectivity index (χ2v) is 4.52. The number of halogens is 1. The van der Waals surface area contributed by atoms with E-state index in [0.717, 1.165) is 12.1 Å². The summed E-state index contributed by atoms with van der Waals surface area (Å²) in [4.78, 5) is 21.2. The summed E-state index contributed by atoms with van der Waals surface area (Å²) in [5.74, 6) is -1.29. The summed E-state index contributed by atoms with van der Waals surface area (Å²) in [6.07, 6.45) is 3.39. The van der Waals surface area contributed by atoms with Gasteiger partial charge in [0, 0.05) is 31.1 Å². The van der Waals surface area contributed by atoms with Crippen LogP contribution in [-0.2, 0) is 6.54 Å². The average molecular weight is 311 g/mol.